The first-order chi connectivity index (χ1) is 5.72. The summed E-state index contributed by atoms with van der Waals surface area (Å²) in [5.74, 6) is -0.0406. The minimum atomic E-state index is -0.0406. The molecule has 0 fully saturated rings. The fraction of sp³-hybridized carbons (Fsp3) is 0.429. The summed E-state index contributed by atoms with van der Waals surface area (Å²) in [6, 6.07) is 0. The van der Waals surface area contributed by atoms with E-state index in [1.165, 1.54) is 11.3 Å². The van der Waals surface area contributed by atoms with Gasteiger partial charge in [0.15, 0.2) is 0 Å². The molecule has 0 saturated carbocycles. The Kier molecular flexibility index (Phi) is 5.61. The first-order valence-corrected chi connectivity index (χ1v) is 4.41. The van der Waals surface area contributed by atoms with Gasteiger partial charge in [0, 0.05) is 0 Å². The molecule has 0 spiro atoms. The Morgan fingerprint density at radius 3 is 2.85 bits per heavy atom. The fourth-order valence-electron chi connectivity index (χ4n) is 0.761. The number of nitrogens with one attached hydrogen (secondary N) is 2. The first kappa shape index (κ1) is 12.3. The van der Waals surface area contributed by atoms with Gasteiger partial charge in [0.1, 0.15) is 5.00 Å². The Hall–Kier alpha value is -0.650. The van der Waals surface area contributed by atoms with Crippen molar-refractivity contribution in [2.24, 2.45) is 0 Å². The third kappa shape index (κ3) is 4.21. The summed E-state index contributed by atoms with van der Waals surface area (Å²) in [6.07, 6.45) is 1.66. The van der Waals surface area contributed by atoms with Crippen molar-refractivity contribution in [1.29, 1.82) is 0 Å². The van der Waals surface area contributed by atoms with E-state index in [-0.39, 0.29) is 18.3 Å². The second kappa shape index (κ2) is 5.90. The van der Waals surface area contributed by atoms with E-state index >= 15 is 0 Å². The molecule has 1 amide bonds. The van der Waals surface area contributed by atoms with E-state index in [0.29, 0.717) is 6.54 Å². The molecule has 0 aliphatic rings. The van der Waals surface area contributed by atoms with Crippen molar-refractivity contribution in [3.63, 3.8) is 0 Å². The molecule has 1 heterocycles. The van der Waals surface area contributed by atoms with E-state index < -0.39 is 0 Å². The summed E-state index contributed by atoms with van der Waals surface area (Å²) >= 11 is 1.47. The lowest BCUT2D eigenvalue weighted by Crippen LogP contribution is -2.24. The van der Waals surface area contributed by atoms with Gasteiger partial charge < -0.3 is 10.6 Å². The molecule has 0 saturated heterocycles. The van der Waals surface area contributed by atoms with Gasteiger partial charge in [0.25, 0.3) is 0 Å². The molecule has 74 valence electrons. The van der Waals surface area contributed by atoms with Gasteiger partial charge in [-0.15, -0.1) is 23.7 Å². The van der Waals surface area contributed by atoms with Crippen LogP contribution in [0.25, 0.3) is 0 Å². The molecule has 0 atom stereocenters. The van der Waals surface area contributed by atoms with Crippen LogP contribution in [0.1, 0.15) is 5.01 Å². The van der Waals surface area contributed by atoms with Crippen LogP contribution in [0.2, 0.25) is 0 Å². The molecule has 1 rings (SSSR count). The molecule has 1 aromatic rings. The molecule has 2 N–H and O–H groups in total. The number of hydrogen-bond donors (Lipinski definition) is 2. The number of thiazole rings is 1. The lowest BCUT2D eigenvalue weighted by atomic mass is 10.6. The summed E-state index contributed by atoms with van der Waals surface area (Å²) < 4.78 is 0. The number of carbonyl (C=O) groups excluding carboxylic acids is 1. The zero-order valence-corrected chi connectivity index (χ0v) is 9.09. The van der Waals surface area contributed by atoms with Crippen LogP contribution in [-0.2, 0) is 4.79 Å². The number of carbonyl (C=O) groups is 1. The van der Waals surface area contributed by atoms with E-state index in [0.717, 1.165) is 10.0 Å². The van der Waals surface area contributed by atoms with Gasteiger partial charge in [0.2, 0.25) is 5.91 Å². The highest BCUT2D eigenvalue weighted by molar-refractivity contribution is 7.15. The normalized spacial score (nSPS) is 9.08. The van der Waals surface area contributed by atoms with E-state index in [1.54, 1.807) is 13.2 Å². The Bertz CT molecular complexity index is 276. The minimum absolute atomic E-state index is 0. The Morgan fingerprint density at radius 2 is 2.38 bits per heavy atom. The van der Waals surface area contributed by atoms with Crippen LogP contribution < -0.4 is 10.6 Å². The van der Waals surface area contributed by atoms with Gasteiger partial charge in [-0.25, -0.2) is 4.98 Å². The SMILES string of the molecule is CNCC(=O)Nc1cnc(C)s1.Cl. The minimum Gasteiger partial charge on any atom is -0.315 e. The maximum absolute atomic E-state index is 11.0. The summed E-state index contributed by atoms with van der Waals surface area (Å²) in [4.78, 5) is 15.0. The average molecular weight is 222 g/mol. The number of anilines is 1. The van der Waals surface area contributed by atoms with Crippen LogP contribution in [0, 0.1) is 6.92 Å². The lowest BCUT2D eigenvalue weighted by Gasteiger charge is -1.98. The first-order valence-electron chi connectivity index (χ1n) is 3.59. The maximum Gasteiger partial charge on any atom is 0.238 e. The van der Waals surface area contributed by atoms with Crippen molar-refractivity contribution in [2.75, 3.05) is 18.9 Å². The Balaban J connectivity index is 0.00000144. The average Bonchev–Trinajstić information content (AvgIpc) is 2.36. The van der Waals surface area contributed by atoms with Gasteiger partial charge in [-0.1, -0.05) is 0 Å². The summed E-state index contributed by atoms with van der Waals surface area (Å²) in [6.45, 7) is 2.23. The Morgan fingerprint density at radius 1 is 1.69 bits per heavy atom. The van der Waals surface area contributed by atoms with Crippen LogP contribution in [0.3, 0.4) is 0 Å². The van der Waals surface area contributed by atoms with Crippen LogP contribution in [-0.4, -0.2) is 24.5 Å². The molecule has 0 radical (unpaired) electrons. The molecule has 0 bridgehead atoms. The molecule has 0 aromatic carbocycles. The Labute approximate surface area is 87.2 Å². The van der Waals surface area contributed by atoms with E-state index in [1.807, 2.05) is 6.92 Å². The second-order valence-electron chi connectivity index (χ2n) is 2.32. The predicted molar refractivity (Wildman–Crippen MR) is 56.7 cm³/mol. The van der Waals surface area contributed by atoms with Crippen molar-refractivity contribution in [1.82, 2.24) is 10.3 Å². The monoisotopic (exact) mass is 221 g/mol. The molecule has 0 aliphatic carbocycles. The van der Waals surface area contributed by atoms with E-state index in [2.05, 4.69) is 15.6 Å². The highest BCUT2D eigenvalue weighted by Crippen LogP contribution is 2.16. The maximum atomic E-state index is 11.0. The van der Waals surface area contributed by atoms with Gasteiger partial charge in [-0.05, 0) is 14.0 Å². The zero-order valence-electron chi connectivity index (χ0n) is 7.46. The van der Waals surface area contributed by atoms with Crippen molar-refractivity contribution >= 4 is 34.7 Å². The topological polar surface area (TPSA) is 54.0 Å². The van der Waals surface area contributed by atoms with E-state index in [4.69, 9.17) is 0 Å². The molecule has 1 aromatic heterocycles. The van der Waals surface area contributed by atoms with Crippen molar-refractivity contribution in [3.8, 4) is 0 Å². The van der Waals surface area contributed by atoms with Crippen molar-refractivity contribution in [3.05, 3.63) is 11.2 Å². The lowest BCUT2D eigenvalue weighted by molar-refractivity contribution is -0.115. The number of nitrogens with zero attached hydrogens (tertiary/aromatic N) is 1. The highest BCUT2D eigenvalue weighted by atomic mass is 35.5. The summed E-state index contributed by atoms with van der Waals surface area (Å²) in [5, 5.41) is 7.24. The molecular weight excluding hydrogens is 210 g/mol. The van der Waals surface area contributed by atoms with E-state index in [9.17, 15) is 4.79 Å². The van der Waals surface area contributed by atoms with Crippen LogP contribution in [0.15, 0.2) is 6.20 Å². The second-order valence-corrected chi connectivity index (χ2v) is 3.56. The third-order valence-corrected chi connectivity index (χ3v) is 2.05. The standard InChI is InChI=1S/C7H11N3OS.ClH/c1-5-9-4-7(12-5)10-6(11)3-8-2;/h4,8H,3H2,1-2H3,(H,10,11);1H. The molecule has 4 nitrogen and oxygen atoms in total. The quantitative estimate of drug-likeness (QED) is 0.802. The number of aromatic nitrogens is 1. The highest BCUT2D eigenvalue weighted by Gasteiger charge is 2.02. The van der Waals surface area contributed by atoms with Crippen LogP contribution in [0.5, 0.6) is 0 Å². The smallest absolute Gasteiger partial charge is 0.238 e. The van der Waals surface area contributed by atoms with Gasteiger partial charge in [-0.3, -0.25) is 4.79 Å². The molecule has 0 aliphatic heterocycles. The molecular formula is C7H12ClN3OS. The van der Waals surface area contributed by atoms with Gasteiger partial charge in [0.05, 0.1) is 17.7 Å². The third-order valence-electron chi connectivity index (χ3n) is 1.22. The predicted octanol–water partition coefficient (Wildman–Crippen LogP) is 1.03. The number of halogens is 1. The van der Waals surface area contributed by atoms with Crippen LogP contribution >= 0.6 is 23.7 Å². The largest absolute Gasteiger partial charge is 0.315 e. The van der Waals surface area contributed by atoms with Crippen molar-refractivity contribution < 1.29 is 4.79 Å². The fourth-order valence-corrected chi connectivity index (χ4v) is 1.46. The number of likely N-dealkylation sites (N-methyl/N-ethyl adjacent to an activating group) is 1. The number of hydrogen-bond acceptors (Lipinski definition) is 4. The van der Waals surface area contributed by atoms with Gasteiger partial charge in [-0.2, -0.15) is 0 Å². The van der Waals surface area contributed by atoms with Crippen molar-refractivity contribution in [2.45, 2.75) is 6.92 Å². The zero-order chi connectivity index (χ0) is 8.97. The van der Waals surface area contributed by atoms with Gasteiger partial charge >= 0.3 is 0 Å². The number of rotatable bonds is 3. The molecule has 0 unspecified atom stereocenters. The van der Waals surface area contributed by atoms with Crippen LogP contribution in [0.4, 0.5) is 5.00 Å². The summed E-state index contributed by atoms with van der Waals surface area (Å²) in [7, 11) is 1.73. The number of amides is 1. The number of aryl methyl sites for hydroxylation is 1. The molecule has 13 heavy (non-hydrogen) atoms. The molecule has 6 heteroatoms. The summed E-state index contributed by atoms with van der Waals surface area (Å²) in [5.41, 5.74) is 0.